The van der Waals surface area contributed by atoms with Gasteiger partial charge in [-0.2, -0.15) is 10.5 Å². The first-order valence-corrected chi connectivity index (χ1v) is 7.29. The molecule has 0 aliphatic heterocycles. The quantitative estimate of drug-likeness (QED) is 0.923. The summed E-state index contributed by atoms with van der Waals surface area (Å²) in [7, 11) is 0. The van der Waals surface area contributed by atoms with Crippen molar-refractivity contribution >= 4 is 15.9 Å². The molecule has 0 amide bonds. The Bertz CT molecular complexity index is 705. The van der Waals surface area contributed by atoms with Crippen molar-refractivity contribution in [1.29, 1.82) is 10.5 Å². The van der Waals surface area contributed by atoms with Crippen LogP contribution in [0, 0.1) is 22.7 Å². The number of aromatic nitrogens is 2. The van der Waals surface area contributed by atoms with E-state index in [0.717, 1.165) is 16.5 Å². The molecule has 0 aliphatic rings. The van der Waals surface area contributed by atoms with Gasteiger partial charge in [-0.25, -0.2) is 4.98 Å². The summed E-state index contributed by atoms with van der Waals surface area (Å²) >= 11 is 3.40. The third-order valence-electron chi connectivity index (χ3n) is 3.39. The Hall–Kier alpha value is -2.15. The summed E-state index contributed by atoms with van der Waals surface area (Å²) in [4.78, 5) is 4.00. The van der Waals surface area contributed by atoms with Gasteiger partial charge in [0.2, 0.25) is 0 Å². The molecule has 0 aliphatic carbocycles. The van der Waals surface area contributed by atoms with Crippen molar-refractivity contribution in [2.24, 2.45) is 5.73 Å². The predicted octanol–water partition coefficient (Wildman–Crippen LogP) is 2.72. The zero-order valence-electron chi connectivity index (χ0n) is 11.5. The van der Waals surface area contributed by atoms with Crippen molar-refractivity contribution in [3.05, 3.63) is 52.0 Å². The van der Waals surface area contributed by atoms with Crippen molar-refractivity contribution in [1.82, 2.24) is 9.55 Å². The summed E-state index contributed by atoms with van der Waals surface area (Å²) in [5, 5.41) is 18.3. The number of nitrogens with zero attached hydrogens (tertiary/aromatic N) is 4. The van der Waals surface area contributed by atoms with Crippen LogP contribution >= 0.6 is 15.9 Å². The van der Waals surface area contributed by atoms with Crippen LogP contribution in [0.4, 0.5) is 0 Å². The van der Waals surface area contributed by atoms with Crippen molar-refractivity contribution in [2.75, 3.05) is 0 Å². The summed E-state index contributed by atoms with van der Waals surface area (Å²) in [6.45, 7) is 1.99. The largest absolute Gasteiger partial charge is 0.326 e. The van der Waals surface area contributed by atoms with Gasteiger partial charge in [-0.3, -0.25) is 0 Å². The van der Waals surface area contributed by atoms with E-state index in [1.54, 1.807) is 4.57 Å². The Balaban J connectivity index is 2.57. The lowest BCUT2D eigenvalue weighted by atomic mass is 9.97. The highest BCUT2D eigenvalue weighted by atomic mass is 79.9. The maximum Gasteiger partial charge on any atom is 0.176 e. The zero-order valence-corrected chi connectivity index (χ0v) is 13.1. The first kappa shape index (κ1) is 15.2. The van der Waals surface area contributed by atoms with E-state index in [0.29, 0.717) is 0 Å². The lowest BCUT2D eigenvalue weighted by molar-refractivity contribution is 0.455. The second kappa shape index (κ2) is 6.53. The van der Waals surface area contributed by atoms with Gasteiger partial charge in [0, 0.05) is 10.5 Å². The monoisotopic (exact) mass is 343 g/mol. The van der Waals surface area contributed by atoms with E-state index in [-0.39, 0.29) is 23.5 Å². The average Bonchev–Trinajstić information content (AvgIpc) is 2.91. The Morgan fingerprint density at radius 1 is 1.29 bits per heavy atom. The number of rotatable bonds is 4. The summed E-state index contributed by atoms with van der Waals surface area (Å²) in [5.41, 5.74) is 7.59. The van der Waals surface area contributed by atoms with Crippen LogP contribution in [0.25, 0.3) is 0 Å². The van der Waals surface area contributed by atoms with Gasteiger partial charge in [0.25, 0.3) is 0 Å². The first-order valence-electron chi connectivity index (χ1n) is 6.50. The van der Waals surface area contributed by atoms with Crippen LogP contribution in [-0.4, -0.2) is 15.6 Å². The van der Waals surface area contributed by atoms with E-state index in [1.807, 2.05) is 43.3 Å². The van der Waals surface area contributed by atoms with Crippen LogP contribution in [0.2, 0.25) is 0 Å². The second-order valence-electron chi connectivity index (χ2n) is 4.64. The SMILES string of the molecule is CCC(N)C(c1ccc(Br)cc1)n1cnc(C#N)c1C#N. The Morgan fingerprint density at radius 2 is 1.95 bits per heavy atom. The maximum absolute atomic E-state index is 9.30. The summed E-state index contributed by atoms with van der Waals surface area (Å²) in [6, 6.07) is 11.3. The average molecular weight is 344 g/mol. The van der Waals surface area contributed by atoms with Crippen molar-refractivity contribution in [3.8, 4) is 12.1 Å². The molecule has 2 N–H and O–H groups in total. The minimum atomic E-state index is -0.229. The van der Waals surface area contributed by atoms with Gasteiger partial charge in [0.05, 0.1) is 12.4 Å². The molecule has 1 aromatic carbocycles. The van der Waals surface area contributed by atoms with Crippen LogP contribution in [0.1, 0.15) is 36.3 Å². The highest BCUT2D eigenvalue weighted by molar-refractivity contribution is 9.10. The van der Waals surface area contributed by atoms with Gasteiger partial charge in [0.15, 0.2) is 11.4 Å². The van der Waals surface area contributed by atoms with E-state index in [9.17, 15) is 5.26 Å². The molecule has 2 rings (SSSR count). The molecule has 21 heavy (non-hydrogen) atoms. The maximum atomic E-state index is 9.30. The zero-order chi connectivity index (χ0) is 15.4. The molecular formula is C15H14BrN5. The number of benzene rings is 1. The first-order chi connectivity index (χ1) is 10.1. The smallest absolute Gasteiger partial charge is 0.176 e. The molecule has 106 valence electrons. The van der Waals surface area contributed by atoms with Gasteiger partial charge in [-0.15, -0.1) is 0 Å². The number of nitrogens with two attached hydrogens (primary N) is 1. The lowest BCUT2D eigenvalue weighted by Gasteiger charge is -2.25. The number of hydrogen-bond acceptors (Lipinski definition) is 4. The fraction of sp³-hybridized carbons (Fsp3) is 0.267. The Kier molecular flexibility index (Phi) is 4.74. The van der Waals surface area contributed by atoms with Gasteiger partial charge in [-0.05, 0) is 24.1 Å². The van der Waals surface area contributed by atoms with Crippen LogP contribution in [0.3, 0.4) is 0 Å². The van der Waals surface area contributed by atoms with Crippen LogP contribution in [0.15, 0.2) is 35.1 Å². The molecule has 6 heteroatoms. The predicted molar refractivity (Wildman–Crippen MR) is 82.2 cm³/mol. The van der Waals surface area contributed by atoms with E-state index >= 15 is 0 Å². The molecule has 0 radical (unpaired) electrons. The lowest BCUT2D eigenvalue weighted by Crippen LogP contribution is -2.32. The third-order valence-corrected chi connectivity index (χ3v) is 3.92. The number of imidazole rings is 1. The number of nitriles is 2. The Labute approximate surface area is 131 Å². The third kappa shape index (κ3) is 2.97. The Morgan fingerprint density at radius 3 is 2.48 bits per heavy atom. The molecule has 0 bridgehead atoms. The van der Waals surface area contributed by atoms with E-state index in [2.05, 4.69) is 20.9 Å². The van der Waals surface area contributed by atoms with Gasteiger partial charge in [-0.1, -0.05) is 35.0 Å². The highest BCUT2D eigenvalue weighted by Crippen LogP contribution is 2.26. The molecule has 0 spiro atoms. The van der Waals surface area contributed by atoms with Crippen LogP contribution in [0.5, 0.6) is 0 Å². The van der Waals surface area contributed by atoms with Gasteiger partial charge in [0.1, 0.15) is 12.1 Å². The van der Waals surface area contributed by atoms with Crippen molar-refractivity contribution < 1.29 is 0 Å². The molecule has 2 unspecified atom stereocenters. The standard InChI is InChI=1S/C15H14BrN5/c1-2-12(19)15(10-3-5-11(16)6-4-10)21-9-20-13(7-17)14(21)8-18/h3-6,9,12,15H,2,19H2,1H3. The molecule has 1 heterocycles. The molecule has 0 fully saturated rings. The molecule has 1 aromatic heterocycles. The molecule has 0 saturated carbocycles. The fourth-order valence-corrected chi connectivity index (χ4v) is 2.53. The highest BCUT2D eigenvalue weighted by Gasteiger charge is 2.24. The minimum absolute atomic E-state index is 0.128. The van der Waals surface area contributed by atoms with Gasteiger partial charge < -0.3 is 10.3 Å². The molecule has 0 saturated heterocycles. The molecule has 5 nitrogen and oxygen atoms in total. The normalized spacial score (nSPS) is 13.2. The van der Waals surface area contributed by atoms with Gasteiger partial charge >= 0.3 is 0 Å². The second-order valence-corrected chi connectivity index (χ2v) is 5.56. The topological polar surface area (TPSA) is 91.4 Å². The summed E-state index contributed by atoms with van der Waals surface area (Å²) in [5.74, 6) is 0. The van der Waals surface area contributed by atoms with E-state index < -0.39 is 0 Å². The van der Waals surface area contributed by atoms with E-state index in [4.69, 9.17) is 11.0 Å². The number of halogens is 1. The van der Waals surface area contributed by atoms with Crippen molar-refractivity contribution in [3.63, 3.8) is 0 Å². The van der Waals surface area contributed by atoms with Crippen LogP contribution < -0.4 is 5.73 Å². The summed E-state index contributed by atoms with van der Waals surface area (Å²) < 4.78 is 2.66. The molecular weight excluding hydrogens is 330 g/mol. The summed E-state index contributed by atoms with van der Waals surface area (Å²) in [6.07, 6.45) is 2.25. The number of hydrogen-bond donors (Lipinski definition) is 1. The molecule has 2 aromatic rings. The van der Waals surface area contributed by atoms with Crippen LogP contribution in [-0.2, 0) is 0 Å². The van der Waals surface area contributed by atoms with Crippen molar-refractivity contribution in [2.45, 2.75) is 25.4 Å². The minimum Gasteiger partial charge on any atom is -0.326 e. The molecule has 2 atom stereocenters. The van der Waals surface area contributed by atoms with E-state index in [1.165, 1.54) is 6.33 Å². The fourth-order valence-electron chi connectivity index (χ4n) is 2.26.